The number of halogens is 1. The summed E-state index contributed by atoms with van der Waals surface area (Å²) in [6.45, 7) is 3.70. The Morgan fingerprint density at radius 3 is 2.59 bits per heavy atom. The molecule has 0 N–H and O–H groups in total. The van der Waals surface area contributed by atoms with Gasteiger partial charge in [0.1, 0.15) is 18.2 Å². The number of aryl methyl sites for hydroxylation is 1. The normalized spacial score (nSPS) is 16.1. The number of non-ortho nitro benzene ring substituents is 1. The van der Waals surface area contributed by atoms with E-state index in [1.54, 1.807) is 18.2 Å². The van der Waals surface area contributed by atoms with Crippen LogP contribution in [0.5, 0.6) is 11.5 Å². The molecular formula is C26H21ClN2O5. The topological polar surface area (TPSA) is 81.9 Å². The highest BCUT2D eigenvalue weighted by atomic mass is 35.5. The van der Waals surface area contributed by atoms with Crippen LogP contribution < -0.4 is 9.47 Å². The largest absolute Gasteiger partial charge is 0.478 e. The van der Waals surface area contributed by atoms with Gasteiger partial charge in [0.05, 0.1) is 16.1 Å². The van der Waals surface area contributed by atoms with Gasteiger partial charge in [-0.25, -0.2) is 0 Å². The molecule has 0 saturated carbocycles. The number of rotatable bonds is 5. The molecule has 0 aromatic heterocycles. The number of fused-ring (bicyclic) bond motifs is 3. The summed E-state index contributed by atoms with van der Waals surface area (Å²) in [6, 6.07) is 15.7. The van der Waals surface area contributed by atoms with E-state index < -0.39 is 4.92 Å². The molecule has 0 amide bonds. The van der Waals surface area contributed by atoms with Gasteiger partial charge in [0.2, 0.25) is 5.78 Å². The molecule has 0 unspecified atom stereocenters. The average molecular weight is 477 g/mol. The smallest absolute Gasteiger partial charge is 0.269 e. The van der Waals surface area contributed by atoms with E-state index in [0.717, 1.165) is 29.8 Å². The first-order valence-corrected chi connectivity index (χ1v) is 11.2. The summed E-state index contributed by atoms with van der Waals surface area (Å²) < 4.78 is 12.1. The number of nitro groups is 1. The van der Waals surface area contributed by atoms with Crippen LogP contribution >= 0.6 is 11.6 Å². The number of nitrogens with zero attached hydrogens (tertiary/aromatic N) is 2. The Balaban J connectivity index is 1.38. The third-order valence-electron chi connectivity index (χ3n) is 6.02. The van der Waals surface area contributed by atoms with Gasteiger partial charge in [0, 0.05) is 30.2 Å². The lowest BCUT2D eigenvalue weighted by Crippen LogP contribution is -2.33. The molecule has 0 bridgehead atoms. The Hall–Kier alpha value is -3.68. The van der Waals surface area contributed by atoms with Crippen molar-refractivity contribution in [1.29, 1.82) is 0 Å². The van der Waals surface area contributed by atoms with Gasteiger partial charge in [0.25, 0.3) is 5.69 Å². The van der Waals surface area contributed by atoms with Gasteiger partial charge >= 0.3 is 0 Å². The van der Waals surface area contributed by atoms with Gasteiger partial charge in [-0.1, -0.05) is 23.7 Å². The molecule has 0 saturated heterocycles. The molecule has 5 rings (SSSR count). The van der Waals surface area contributed by atoms with Crippen molar-refractivity contribution < 1.29 is 19.2 Å². The second-order valence-electron chi connectivity index (χ2n) is 8.37. The minimum Gasteiger partial charge on any atom is -0.478 e. The summed E-state index contributed by atoms with van der Waals surface area (Å²) >= 11 is 5.97. The zero-order valence-electron chi connectivity index (χ0n) is 18.4. The molecule has 7 nitrogen and oxygen atoms in total. The minimum absolute atomic E-state index is 0.00939. The number of ether oxygens (including phenoxy) is 2. The van der Waals surface area contributed by atoms with Crippen LogP contribution in [0.3, 0.4) is 0 Å². The van der Waals surface area contributed by atoms with E-state index in [9.17, 15) is 14.9 Å². The maximum Gasteiger partial charge on any atom is 0.269 e. The van der Waals surface area contributed by atoms with Crippen LogP contribution in [-0.4, -0.2) is 28.9 Å². The van der Waals surface area contributed by atoms with Crippen molar-refractivity contribution in [2.75, 3.05) is 13.3 Å². The Bertz CT molecular complexity index is 1320. The van der Waals surface area contributed by atoms with Crippen LogP contribution in [0.25, 0.3) is 6.08 Å². The Kier molecular flexibility index (Phi) is 5.81. The SMILES string of the molecule is Cc1cc2c(c3c1C(=O)/C(=C\c1ccc([N+](=O)[O-])cc1)O3)CN(CCc1ccc(Cl)cc1)CO2. The van der Waals surface area contributed by atoms with Crippen molar-refractivity contribution in [2.24, 2.45) is 0 Å². The summed E-state index contributed by atoms with van der Waals surface area (Å²) in [7, 11) is 0. The Morgan fingerprint density at radius 1 is 1.15 bits per heavy atom. The highest BCUT2D eigenvalue weighted by Gasteiger charge is 2.35. The van der Waals surface area contributed by atoms with Crippen LogP contribution in [0, 0.1) is 17.0 Å². The predicted molar refractivity (Wildman–Crippen MR) is 128 cm³/mol. The lowest BCUT2D eigenvalue weighted by atomic mass is 9.98. The lowest BCUT2D eigenvalue weighted by molar-refractivity contribution is -0.384. The molecule has 0 radical (unpaired) electrons. The van der Waals surface area contributed by atoms with E-state index in [2.05, 4.69) is 4.90 Å². The number of benzene rings is 3. The molecule has 172 valence electrons. The fraction of sp³-hybridized carbons (Fsp3) is 0.192. The average Bonchev–Trinajstić information content (AvgIpc) is 3.16. The maximum atomic E-state index is 13.1. The molecule has 2 heterocycles. The van der Waals surface area contributed by atoms with Crippen LogP contribution in [-0.2, 0) is 13.0 Å². The third kappa shape index (κ3) is 4.27. The van der Waals surface area contributed by atoms with Gasteiger partial charge in [-0.2, -0.15) is 0 Å². The quantitative estimate of drug-likeness (QED) is 0.272. The molecule has 34 heavy (non-hydrogen) atoms. The number of hydrogen-bond donors (Lipinski definition) is 0. The molecule has 8 heteroatoms. The van der Waals surface area contributed by atoms with Crippen LogP contribution in [0.4, 0.5) is 5.69 Å². The Labute approximate surface area is 201 Å². The third-order valence-corrected chi connectivity index (χ3v) is 6.27. The number of carbonyl (C=O) groups is 1. The first-order valence-electron chi connectivity index (χ1n) is 10.8. The maximum absolute atomic E-state index is 13.1. The van der Waals surface area contributed by atoms with Gasteiger partial charge in [-0.15, -0.1) is 0 Å². The second-order valence-corrected chi connectivity index (χ2v) is 8.80. The summed E-state index contributed by atoms with van der Waals surface area (Å²) in [6.07, 6.45) is 2.45. The van der Waals surface area contributed by atoms with Crippen LogP contribution in [0.2, 0.25) is 5.02 Å². The van der Waals surface area contributed by atoms with Crippen molar-refractivity contribution in [1.82, 2.24) is 4.90 Å². The van der Waals surface area contributed by atoms with Crippen molar-refractivity contribution >= 4 is 29.1 Å². The van der Waals surface area contributed by atoms with E-state index in [1.165, 1.54) is 17.7 Å². The van der Waals surface area contributed by atoms with Gasteiger partial charge in [-0.05, 0) is 66.4 Å². The monoisotopic (exact) mass is 476 g/mol. The number of ketones is 1. The molecule has 2 aliphatic heterocycles. The van der Waals surface area contributed by atoms with E-state index in [-0.39, 0.29) is 17.2 Å². The van der Waals surface area contributed by atoms with Crippen molar-refractivity contribution in [3.05, 3.63) is 103 Å². The van der Waals surface area contributed by atoms with Gasteiger partial charge in [0.15, 0.2) is 5.76 Å². The first kappa shape index (κ1) is 22.1. The van der Waals surface area contributed by atoms with Crippen LogP contribution in [0.15, 0.2) is 60.4 Å². The fourth-order valence-electron chi connectivity index (χ4n) is 4.20. The zero-order chi connectivity index (χ0) is 23.8. The van der Waals surface area contributed by atoms with Gasteiger partial charge < -0.3 is 9.47 Å². The molecule has 0 spiro atoms. The number of nitro benzene ring substituents is 1. The van der Waals surface area contributed by atoms with E-state index >= 15 is 0 Å². The van der Waals surface area contributed by atoms with Crippen molar-refractivity contribution in [3.63, 3.8) is 0 Å². The zero-order valence-corrected chi connectivity index (χ0v) is 19.2. The number of carbonyl (C=O) groups excluding carboxylic acids is 1. The molecular weight excluding hydrogens is 456 g/mol. The van der Waals surface area contributed by atoms with Gasteiger partial charge in [-0.3, -0.25) is 19.8 Å². The molecule has 0 atom stereocenters. The van der Waals surface area contributed by atoms with E-state index in [0.29, 0.717) is 35.2 Å². The van der Waals surface area contributed by atoms with Crippen molar-refractivity contribution in [2.45, 2.75) is 19.9 Å². The highest BCUT2D eigenvalue weighted by Crippen LogP contribution is 2.44. The van der Waals surface area contributed by atoms with Crippen molar-refractivity contribution in [3.8, 4) is 11.5 Å². The second kappa shape index (κ2) is 8.93. The number of hydrogen-bond acceptors (Lipinski definition) is 6. The first-order chi connectivity index (χ1) is 16.4. The minimum atomic E-state index is -0.460. The molecule has 0 aliphatic carbocycles. The predicted octanol–water partition coefficient (Wildman–Crippen LogP) is 5.57. The molecule has 0 fully saturated rings. The Morgan fingerprint density at radius 2 is 1.88 bits per heavy atom. The van der Waals surface area contributed by atoms with E-state index in [4.69, 9.17) is 21.1 Å². The lowest BCUT2D eigenvalue weighted by Gasteiger charge is -2.30. The number of Topliss-reactive ketones (excluding diaryl/α,β-unsaturated/α-hetero) is 1. The highest BCUT2D eigenvalue weighted by molar-refractivity contribution is 6.30. The summed E-state index contributed by atoms with van der Waals surface area (Å²) in [5.74, 6) is 1.25. The molecule has 3 aromatic rings. The van der Waals surface area contributed by atoms with E-state index in [1.807, 2.05) is 37.3 Å². The fourth-order valence-corrected chi connectivity index (χ4v) is 4.33. The summed E-state index contributed by atoms with van der Waals surface area (Å²) in [5, 5.41) is 11.6. The molecule has 3 aromatic carbocycles. The standard InChI is InChI=1S/C26H21ClN2O5/c1-16-12-22-21(14-28(15-33-22)11-10-17-2-6-19(27)7-3-17)26-24(16)25(30)23(34-26)13-18-4-8-20(9-5-18)29(31)32/h2-9,12-13H,10-11,14-15H2,1H3/b23-13+. The summed E-state index contributed by atoms with van der Waals surface area (Å²) in [4.78, 5) is 25.7. The number of allylic oxidation sites excluding steroid dienone is 1. The molecule has 2 aliphatic rings. The summed E-state index contributed by atoms with van der Waals surface area (Å²) in [5.41, 5.74) is 4.00. The van der Waals surface area contributed by atoms with Crippen LogP contribution in [0.1, 0.15) is 32.6 Å².